The molecule has 1 aliphatic heterocycles. The van der Waals surface area contributed by atoms with E-state index in [0.717, 1.165) is 38.8 Å². The lowest BCUT2D eigenvalue weighted by molar-refractivity contribution is -0.142. The molecule has 1 rings (SSSR count). The zero-order chi connectivity index (χ0) is 12.0. The summed E-state index contributed by atoms with van der Waals surface area (Å²) in [5.74, 6) is -0.567. The first kappa shape index (κ1) is 13.5. The van der Waals surface area contributed by atoms with Crippen molar-refractivity contribution in [3.8, 4) is 0 Å². The van der Waals surface area contributed by atoms with Gasteiger partial charge >= 0.3 is 5.97 Å². The van der Waals surface area contributed by atoms with Crippen LogP contribution in [0.2, 0.25) is 0 Å². The summed E-state index contributed by atoms with van der Waals surface area (Å²) in [5, 5.41) is 17.6. The van der Waals surface area contributed by atoms with Crippen LogP contribution in [-0.4, -0.2) is 47.3 Å². The Morgan fingerprint density at radius 2 is 1.94 bits per heavy atom. The second-order valence-corrected chi connectivity index (χ2v) is 4.82. The summed E-state index contributed by atoms with van der Waals surface area (Å²) in [6, 6.07) is 0. The van der Waals surface area contributed by atoms with Gasteiger partial charge in [-0.15, -0.1) is 0 Å². The summed E-state index contributed by atoms with van der Waals surface area (Å²) in [4.78, 5) is 13.2. The Hall–Kier alpha value is -0.610. The normalized spacial score (nSPS) is 26.1. The molecule has 0 saturated carbocycles. The zero-order valence-corrected chi connectivity index (χ0v) is 10.1. The molecule has 0 amide bonds. The second-order valence-electron chi connectivity index (χ2n) is 4.82. The van der Waals surface area contributed by atoms with Crippen LogP contribution in [0.3, 0.4) is 0 Å². The quantitative estimate of drug-likeness (QED) is 0.644. The first-order valence-corrected chi connectivity index (χ1v) is 6.21. The Bertz CT molecular complexity index is 220. The minimum Gasteiger partial charge on any atom is -0.481 e. The predicted octanol–water partition coefficient (Wildman–Crippen LogP) is 1.19. The lowest BCUT2D eigenvalue weighted by Crippen LogP contribution is -2.24. The van der Waals surface area contributed by atoms with E-state index < -0.39 is 5.97 Å². The van der Waals surface area contributed by atoms with Crippen molar-refractivity contribution in [3.63, 3.8) is 0 Å². The van der Waals surface area contributed by atoms with E-state index in [4.69, 9.17) is 10.2 Å². The van der Waals surface area contributed by atoms with E-state index in [0.29, 0.717) is 6.54 Å². The molecule has 0 aromatic carbocycles. The van der Waals surface area contributed by atoms with Gasteiger partial charge in [0.05, 0.1) is 5.92 Å². The average Bonchev–Trinajstić information content (AvgIpc) is 2.59. The number of carbonyl (C=O) groups is 1. The van der Waals surface area contributed by atoms with Gasteiger partial charge in [0.2, 0.25) is 0 Å². The number of carboxylic acids is 1. The van der Waals surface area contributed by atoms with Crippen LogP contribution in [0.25, 0.3) is 0 Å². The minimum atomic E-state index is -0.657. The molecule has 2 N–H and O–H groups in total. The molecule has 0 aliphatic carbocycles. The molecule has 2 atom stereocenters. The average molecular weight is 229 g/mol. The molecule has 1 saturated heterocycles. The molecule has 0 aromatic rings. The van der Waals surface area contributed by atoms with Gasteiger partial charge in [0.1, 0.15) is 0 Å². The van der Waals surface area contributed by atoms with Crippen molar-refractivity contribution in [1.29, 1.82) is 0 Å². The highest BCUT2D eigenvalue weighted by molar-refractivity contribution is 5.71. The maximum absolute atomic E-state index is 10.9. The topological polar surface area (TPSA) is 60.8 Å². The van der Waals surface area contributed by atoms with Gasteiger partial charge in [-0.3, -0.25) is 4.79 Å². The number of rotatable bonds is 7. The number of hydrogen-bond donors (Lipinski definition) is 2. The van der Waals surface area contributed by atoms with Gasteiger partial charge in [0.15, 0.2) is 0 Å². The molecular formula is C12H23NO3. The third-order valence-corrected chi connectivity index (χ3v) is 3.39. The highest BCUT2D eigenvalue weighted by atomic mass is 16.4. The van der Waals surface area contributed by atoms with Gasteiger partial charge in [-0.25, -0.2) is 0 Å². The molecule has 4 nitrogen and oxygen atoms in total. The monoisotopic (exact) mass is 229 g/mol. The molecular weight excluding hydrogens is 206 g/mol. The maximum Gasteiger partial charge on any atom is 0.308 e. The highest BCUT2D eigenvalue weighted by Crippen LogP contribution is 2.23. The number of carboxylic acid groups (broad SMARTS) is 1. The van der Waals surface area contributed by atoms with Crippen molar-refractivity contribution >= 4 is 5.97 Å². The van der Waals surface area contributed by atoms with Gasteiger partial charge in [-0.1, -0.05) is 19.8 Å². The summed E-state index contributed by atoms with van der Waals surface area (Å²) in [6.45, 7) is 4.92. The van der Waals surface area contributed by atoms with Crippen molar-refractivity contribution in [1.82, 2.24) is 4.90 Å². The lowest BCUT2D eigenvalue weighted by atomic mass is 9.99. The molecule has 94 valence electrons. The smallest absolute Gasteiger partial charge is 0.308 e. The van der Waals surface area contributed by atoms with Crippen molar-refractivity contribution in [3.05, 3.63) is 0 Å². The first-order chi connectivity index (χ1) is 7.65. The second kappa shape index (κ2) is 6.86. The van der Waals surface area contributed by atoms with Crippen LogP contribution in [0.5, 0.6) is 0 Å². The van der Waals surface area contributed by atoms with Gasteiger partial charge < -0.3 is 15.1 Å². The van der Waals surface area contributed by atoms with Crippen molar-refractivity contribution in [2.75, 3.05) is 26.2 Å². The molecule has 0 spiro atoms. The molecule has 4 heteroatoms. The fraction of sp³-hybridized carbons (Fsp3) is 0.917. The summed E-state index contributed by atoms with van der Waals surface area (Å²) in [5.41, 5.74) is 0. The maximum atomic E-state index is 10.9. The van der Waals surface area contributed by atoms with Crippen LogP contribution in [0.4, 0.5) is 0 Å². The first-order valence-electron chi connectivity index (χ1n) is 6.21. The number of aliphatic hydroxyl groups is 1. The Morgan fingerprint density at radius 1 is 1.25 bits per heavy atom. The van der Waals surface area contributed by atoms with Crippen LogP contribution in [0, 0.1) is 11.8 Å². The fourth-order valence-corrected chi connectivity index (χ4v) is 2.37. The molecule has 1 heterocycles. The molecule has 1 aliphatic rings. The van der Waals surface area contributed by atoms with Crippen LogP contribution in [0.1, 0.15) is 32.6 Å². The van der Waals surface area contributed by atoms with E-state index >= 15 is 0 Å². The third kappa shape index (κ3) is 4.10. The predicted molar refractivity (Wildman–Crippen MR) is 62.3 cm³/mol. The van der Waals surface area contributed by atoms with Crippen LogP contribution in [0.15, 0.2) is 0 Å². The molecule has 0 bridgehead atoms. The number of likely N-dealkylation sites (tertiary alicyclic amines) is 1. The Labute approximate surface area is 97.3 Å². The van der Waals surface area contributed by atoms with E-state index in [-0.39, 0.29) is 18.4 Å². The number of unbranched alkanes of at least 4 members (excludes halogenated alkanes) is 3. The SMILES string of the molecule is CC1CN(CCCCCCO)CC1C(=O)O. The van der Waals surface area contributed by atoms with Crippen LogP contribution in [-0.2, 0) is 4.79 Å². The van der Waals surface area contributed by atoms with E-state index in [1.807, 2.05) is 6.92 Å². The Morgan fingerprint density at radius 3 is 2.50 bits per heavy atom. The number of aliphatic hydroxyl groups excluding tert-OH is 1. The van der Waals surface area contributed by atoms with Gasteiger partial charge in [-0.2, -0.15) is 0 Å². The molecule has 2 unspecified atom stereocenters. The van der Waals surface area contributed by atoms with Gasteiger partial charge in [0, 0.05) is 19.7 Å². The lowest BCUT2D eigenvalue weighted by Gasteiger charge is -2.14. The summed E-state index contributed by atoms with van der Waals surface area (Å²) in [7, 11) is 0. The van der Waals surface area contributed by atoms with E-state index in [2.05, 4.69) is 4.90 Å². The van der Waals surface area contributed by atoms with E-state index in [1.54, 1.807) is 0 Å². The number of nitrogens with zero attached hydrogens (tertiary/aromatic N) is 1. The molecule has 0 radical (unpaired) electrons. The minimum absolute atomic E-state index is 0.183. The number of aliphatic carboxylic acids is 1. The van der Waals surface area contributed by atoms with Gasteiger partial charge in [-0.05, 0) is 25.3 Å². The molecule has 1 fully saturated rings. The largest absolute Gasteiger partial charge is 0.481 e. The summed E-state index contributed by atoms with van der Waals surface area (Å²) in [6.07, 6.45) is 4.19. The van der Waals surface area contributed by atoms with Gasteiger partial charge in [0.25, 0.3) is 0 Å². The van der Waals surface area contributed by atoms with E-state index in [9.17, 15) is 4.79 Å². The van der Waals surface area contributed by atoms with E-state index in [1.165, 1.54) is 0 Å². The summed E-state index contributed by atoms with van der Waals surface area (Å²) < 4.78 is 0. The molecule has 0 aromatic heterocycles. The van der Waals surface area contributed by atoms with Crippen LogP contribution >= 0.6 is 0 Å². The highest BCUT2D eigenvalue weighted by Gasteiger charge is 2.33. The standard InChI is InChI=1S/C12H23NO3/c1-10-8-13(9-11(10)12(15)16)6-4-2-3-5-7-14/h10-11,14H,2-9H2,1H3,(H,15,16). The van der Waals surface area contributed by atoms with Crippen molar-refractivity contribution in [2.24, 2.45) is 11.8 Å². The third-order valence-electron chi connectivity index (χ3n) is 3.39. The fourth-order valence-electron chi connectivity index (χ4n) is 2.37. The zero-order valence-electron chi connectivity index (χ0n) is 10.1. The van der Waals surface area contributed by atoms with Crippen LogP contribution < -0.4 is 0 Å². The van der Waals surface area contributed by atoms with Crippen molar-refractivity contribution in [2.45, 2.75) is 32.6 Å². The number of hydrogen-bond acceptors (Lipinski definition) is 3. The Balaban J connectivity index is 2.13. The molecule has 16 heavy (non-hydrogen) atoms. The van der Waals surface area contributed by atoms with Crippen molar-refractivity contribution < 1.29 is 15.0 Å². The Kier molecular flexibility index (Phi) is 5.77. The summed E-state index contributed by atoms with van der Waals surface area (Å²) >= 11 is 0.